The van der Waals surface area contributed by atoms with Crippen molar-refractivity contribution in [2.24, 2.45) is 0 Å². The average Bonchev–Trinajstić information content (AvgIpc) is 2.83. The molecule has 0 amide bonds. The van der Waals surface area contributed by atoms with Crippen molar-refractivity contribution in [3.63, 3.8) is 0 Å². The maximum atomic E-state index is 12.6. The van der Waals surface area contributed by atoms with Crippen LogP contribution in [0.2, 0.25) is 0 Å². The fraction of sp³-hybridized carbons (Fsp3) is 0.357. The molecule has 0 radical (unpaired) electrons. The molecule has 0 aliphatic heterocycles. The van der Waals surface area contributed by atoms with E-state index >= 15 is 0 Å². The first-order valence-electron chi connectivity index (χ1n) is 6.23. The zero-order valence-electron chi connectivity index (χ0n) is 11.0. The first kappa shape index (κ1) is 15.0. The molecule has 0 aliphatic rings. The largest absolute Gasteiger partial charge is 0.416 e. The Bertz CT molecular complexity index is 564. The van der Waals surface area contributed by atoms with E-state index in [0.717, 1.165) is 28.9 Å². The van der Waals surface area contributed by atoms with Crippen molar-refractivity contribution < 1.29 is 13.2 Å². The summed E-state index contributed by atoms with van der Waals surface area (Å²) in [5.41, 5.74) is 0.0244. The highest BCUT2D eigenvalue weighted by molar-refractivity contribution is 7.11. The van der Waals surface area contributed by atoms with Gasteiger partial charge in [0.1, 0.15) is 0 Å². The topological polar surface area (TPSA) is 24.9 Å². The lowest BCUT2D eigenvalue weighted by atomic mass is 10.1. The van der Waals surface area contributed by atoms with Crippen LogP contribution >= 0.6 is 11.3 Å². The SMILES string of the molecule is CNCCc1cnc(Cc2cccc(C(F)(F)F)c2)s1. The standard InChI is InChI=1S/C14H15F3N2S/c1-18-6-5-12-9-19-13(20-12)8-10-3-2-4-11(7-10)14(15,16)17/h2-4,7,9,18H,5-6,8H2,1H3. The van der Waals surface area contributed by atoms with Gasteiger partial charge in [0.25, 0.3) is 0 Å². The predicted octanol–water partition coefficient (Wildman–Crippen LogP) is 3.51. The molecule has 1 N–H and O–H groups in total. The van der Waals surface area contributed by atoms with E-state index < -0.39 is 11.7 Å². The van der Waals surface area contributed by atoms with E-state index in [2.05, 4.69) is 10.3 Å². The highest BCUT2D eigenvalue weighted by Crippen LogP contribution is 2.30. The number of benzene rings is 1. The van der Waals surface area contributed by atoms with Crippen molar-refractivity contribution in [3.05, 3.63) is 51.5 Å². The first-order valence-corrected chi connectivity index (χ1v) is 7.05. The minimum absolute atomic E-state index is 0.439. The third-order valence-electron chi connectivity index (χ3n) is 2.83. The lowest BCUT2D eigenvalue weighted by Gasteiger charge is -2.07. The van der Waals surface area contributed by atoms with Gasteiger partial charge in [0, 0.05) is 17.5 Å². The second-order valence-electron chi connectivity index (χ2n) is 4.45. The van der Waals surface area contributed by atoms with Gasteiger partial charge in [0.05, 0.1) is 10.6 Å². The Hall–Kier alpha value is -1.40. The van der Waals surface area contributed by atoms with Crippen LogP contribution in [0.4, 0.5) is 13.2 Å². The quantitative estimate of drug-likeness (QED) is 0.914. The zero-order valence-corrected chi connectivity index (χ0v) is 11.8. The Morgan fingerprint density at radius 1 is 1.30 bits per heavy atom. The van der Waals surface area contributed by atoms with E-state index in [0.29, 0.717) is 12.0 Å². The summed E-state index contributed by atoms with van der Waals surface area (Å²) >= 11 is 1.55. The molecule has 0 atom stereocenters. The van der Waals surface area contributed by atoms with E-state index in [1.807, 2.05) is 7.05 Å². The summed E-state index contributed by atoms with van der Waals surface area (Å²) in [5, 5.41) is 3.90. The third-order valence-corrected chi connectivity index (χ3v) is 3.89. The summed E-state index contributed by atoms with van der Waals surface area (Å²) in [6, 6.07) is 5.41. The van der Waals surface area contributed by atoms with Gasteiger partial charge in [-0.05, 0) is 31.6 Å². The van der Waals surface area contributed by atoms with Gasteiger partial charge in [0.2, 0.25) is 0 Å². The minimum atomic E-state index is -4.29. The van der Waals surface area contributed by atoms with Crippen LogP contribution in [-0.4, -0.2) is 18.6 Å². The Kier molecular flexibility index (Phi) is 4.77. The lowest BCUT2D eigenvalue weighted by molar-refractivity contribution is -0.137. The molecule has 1 aromatic heterocycles. The fourth-order valence-corrected chi connectivity index (χ4v) is 2.78. The van der Waals surface area contributed by atoms with Crippen molar-refractivity contribution in [1.29, 1.82) is 0 Å². The molecule has 1 aromatic carbocycles. The number of thiazole rings is 1. The Balaban J connectivity index is 2.08. The second kappa shape index (κ2) is 6.37. The van der Waals surface area contributed by atoms with Gasteiger partial charge in [-0.15, -0.1) is 11.3 Å². The molecule has 20 heavy (non-hydrogen) atoms. The van der Waals surface area contributed by atoms with Crippen molar-refractivity contribution in [3.8, 4) is 0 Å². The first-order chi connectivity index (χ1) is 9.49. The molecule has 0 saturated heterocycles. The molecule has 2 rings (SSSR count). The van der Waals surface area contributed by atoms with Gasteiger partial charge in [-0.1, -0.05) is 18.2 Å². The summed E-state index contributed by atoms with van der Waals surface area (Å²) in [7, 11) is 1.88. The molecule has 0 bridgehead atoms. The fourth-order valence-electron chi connectivity index (χ4n) is 1.83. The summed E-state index contributed by atoms with van der Waals surface area (Å²) < 4.78 is 37.9. The zero-order chi connectivity index (χ0) is 14.6. The van der Waals surface area contributed by atoms with Gasteiger partial charge >= 0.3 is 6.18 Å². The van der Waals surface area contributed by atoms with Crippen LogP contribution in [-0.2, 0) is 19.0 Å². The maximum Gasteiger partial charge on any atom is 0.416 e. The number of nitrogens with zero attached hydrogens (tertiary/aromatic N) is 1. The van der Waals surface area contributed by atoms with E-state index in [4.69, 9.17) is 0 Å². The van der Waals surface area contributed by atoms with Crippen LogP contribution in [0.25, 0.3) is 0 Å². The second-order valence-corrected chi connectivity index (χ2v) is 5.65. The number of hydrogen-bond acceptors (Lipinski definition) is 3. The summed E-state index contributed by atoms with van der Waals surface area (Å²) in [6.45, 7) is 0.866. The number of likely N-dealkylation sites (N-methyl/N-ethyl adjacent to an activating group) is 1. The average molecular weight is 300 g/mol. The van der Waals surface area contributed by atoms with Crippen LogP contribution in [0.5, 0.6) is 0 Å². The predicted molar refractivity (Wildman–Crippen MR) is 74.0 cm³/mol. The smallest absolute Gasteiger partial charge is 0.319 e. The van der Waals surface area contributed by atoms with Gasteiger partial charge in [0.15, 0.2) is 0 Å². The number of nitrogens with one attached hydrogen (secondary N) is 1. The van der Waals surface area contributed by atoms with Crippen molar-refractivity contribution >= 4 is 11.3 Å². The number of hydrogen-bond donors (Lipinski definition) is 1. The van der Waals surface area contributed by atoms with Crippen molar-refractivity contribution in [2.45, 2.75) is 19.0 Å². The molecule has 0 aliphatic carbocycles. The molecule has 6 heteroatoms. The number of halogens is 3. The summed E-state index contributed by atoms with van der Waals surface area (Å²) in [5.74, 6) is 0. The monoisotopic (exact) mass is 300 g/mol. The number of rotatable bonds is 5. The molecule has 2 aromatic rings. The third kappa shape index (κ3) is 4.05. The van der Waals surface area contributed by atoms with Gasteiger partial charge in [-0.25, -0.2) is 4.98 Å². The summed E-state index contributed by atoms with van der Waals surface area (Å²) in [6.07, 6.45) is -1.17. The van der Waals surface area contributed by atoms with Crippen LogP contribution in [0.1, 0.15) is 21.0 Å². The highest BCUT2D eigenvalue weighted by atomic mass is 32.1. The van der Waals surface area contributed by atoms with E-state index in [1.54, 1.807) is 23.6 Å². The van der Waals surface area contributed by atoms with Crippen LogP contribution in [0.15, 0.2) is 30.5 Å². The van der Waals surface area contributed by atoms with Gasteiger partial charge < -0.3 is 5.32 Å². The Morgan fingerprint density at radius 3 is 2.80 bits per heavy atom. The normalized spacial score (nSPS) is 11.8. The van der Waals surface area contributed by atoms with E-state index in [9.17, 15) is 13.2 Å². The molecule has 0 spiro atoms. The van der Waals surface area contributed by atoms with Gasteiger partial charge in [-0.2, -0.15) is 13.2 Å². The van der Waals surface area contributed by atoms with E-state index in [1.165, 1.54) is 12.1 Å². The Morgan fingerprint density at radius 2 is 2.10 bits per heavy atom. The molecule has 2 nitrogen and oxygen atoms in total. The van der Waals surface area contributed by atoms with Crippen LogP contribution < -0.4 is 5.32 Å². The minimum Gasteiger partial charge on any atom is -0.319 e. The lowest BCUT2D eigenvalue weighted by Crippen LogP contribution is -2.09. The Labute approximate surface area is 119 Å². The van der Waals surface area contributed by atoms with Crippen molar-refractivity contribution in [1.82, 2.24) is 10.3 Å². The molecular weight excluding hydrogens is 285 g/mol. The molecule has 1 heterocycles. The summed E-state index contributed by atoms with van der Waals surface area (Å²) in [4.78, 5) is 5.41. The molecule has 0 saturated carbocycles. The molecule has 108 valence electrons. The number of alkyl halides is 3. The highest BCUT2D eigenvalue weighted by Gasteiger charge is 2.30. The molecular formula is C14H15F3N2S. The van der Waals surface area contributed by atoms with E-state index in [-0.39, 0.29) is 0 Å². The van der Waals surface area contributed by atoms with Crippen LogP contribution in [0.3, 0.4) is 0 Å². The number of aromatic nitrogens is 1. The van der Waals surface area contributed by atoms with Crippen LogP contribution in [0, 0.1) is 0 Å². The molecule has 0 unspecified atom stereocenters. The van der Waals surface area contributed by atoms with Crippen molar-refractivity contribution in [2.75, 3.05) is 13.6 Å². The van der Waals surface area contributed by atoms with Gasteiger partial charge in [-0.3, -0.25) is 0 Å². The molecule has 0 fully saturated rings. The maximum absolute atomic E-state index is 12.6.